The van der Waals surface area contributed by atoms with Crippen molar-refractivity contribution in [2.75, 3.05) is 19.7 Å². The molecule has 0 aliphatic rings. The molecule has 3 aromatic rings. The van der Waals surface area contributed by atoms with Crippen LogP contribution < -0.4 is 10.6 Å². The number of fused-ring (bicyclic) bond motifs is 1. The van der Waals surface area contributed by atoms with E-state index in [1.165, 1.54) is 5.56 Å². The number of pyridine rings is 1. The Morgan fingerprint density at radius 2 is 1.93 bits per heavy atom. The number of hydrogen-bond donors (Lipinski definition) is 2. The van der Waals surface area contributed by atoms with Gasteiger partial charge in [0.2, 0.25) is 0 Å². The van der Waals surface area contributed by atoms with Crippen molar-refractivity contribution in [1.82, 2.24) is 25.2 Å². The van der Waals surface area contributed by atoms with Crippen LogP contribution in [0.5, 0.6) is 0 Å². The monoisotopic (exact) mass is 380 g/mol. The van der Waals surface area contributed by atoms with Crippen molar-refractivity contribution in [1.29, 1.82) is 0 Å². The first-order chi connectivity index (χ1) is 13.8. The zero-order chi connectivity index (χ0) is 19.6. The highest BCUT2D eigenvalue weighted by Gasteiger charge is 2.07. The first-order valence-electron chi connectivity index (χ1n) is 9.68. The SMILES string of the molecule is CCNC(=NCc1nnc2ccccn12)NCC(C)COCc1ccccc1. The molecule has 3 rings (SSSR count). The standard InChI is InChI=1S/C21H28N6O/c1-3-22-21(24-14-20-26-25-19-11-7-8-12-27(19)20)23-13-17(2)15-28-16-18-9-5-4-6-10-18/h4-12,17H,3,13-16H2,1-2H3,(H2,22,23,24). The van der Waals surface area contributed by atoms with Crippen LogP contribution in [0.3, 0.4) is 0 Å². The molecule has 0 radical (unpaired) electrons. The Labute approximate surface area is 165 Å². The van der Waals surface area contributed by atoms with Gasteiger partial charge in [-0.2, -0.15) is 0 Å². The number of benzene rings is 1. The quantitative estimate of drug-likeness (QED) is 0.441. The summed E-state index contributed by atoms with van der Waals surface area (Å²) >= 11 is 0. The second-order valence-electron chi connectivity index (χ2n) is 6.73. The third kappa shape index (κ3) is 5.79. The Morgan fingerprint density at radius 1 is 1.11 bits per heavy atom. The molecule has 0 spiro atoms. The molecular weight excluding hydrogens is 352 g/mol. The molecule has 0 amide bonds. The zero-order valence-electron chi connectivity index (χ0n) is 16.5. The zero-order valence-corrected chi connectivity index (χ0v) is 16.5. The van der Waals surface area contributed by atoms with Gasteiger partial charge < -0.3 is 15.4 Å². The van der Waals surface area contributed by atoms with E-state index in [9.17, 15) is 0 Å². The Bertz CT molecular complexity index is 877. The molecule has 7 heteroatoms. The summed E-state index contributed by atoms with van der Waals surface area (Å²) in [6.45, 7) is 7.57. The number of nitrogens with one attached hydrogen (secondary N) is 2. The van der Waals surface area contributed by atoms with E-state index in [2.05, 4.69) is 51.8 Å². The highest BCUT2D eigenvalue weighted by Crippen LogP contribution is 2.05. The fourth-order valence-corrected chi connectivity index (χ4v) is 2.77. The summed E-state index contributed by atoms with van der Waals surface area (Å²) in [6, 6.07) is 16.1. The molecule has 1 unspecified atom stereocenters. The second kappa shape index (κ2) is 10.4. The van der Waals surface area contributed by atoms with E-state index >= 15 is 0 Å². The first kappa shape index (κ1) is 19.8. The van der Waals surface area contributed by atoms with E-state index in [0.29, 0.717) is 25.7 Å². The van der Waals surface area contributed by atoms with Gasteiger partial charge in [-0.1, -0.05) is 43.3 Å². The van der Waals surface area contributed by atoms with Gasteiger partial charge in [0, 0.05) is 19.3 Å². The van der Waals surface area contributed by atoms with Crippen molar-refractivity contribution >= 4 is 11.6 Å². The minimum Gasteiger partial charge on any atom is -0.376 e. The van der Waals surface area contributed by atoms with Crippen LogP contribution in [0.25, 0.3) is 5.65 Å². The maximum Gasteiger partial charge on any atom is 0.191 e. The largest absolute Gasteiger partial charge is 0.376 e. The third-order valence-electron chi connectivity index (χ3n) is 4.24. The predicted molar refractivity (Wildman–Crippen MR) is 111 cm³/mol. The lowest BCUT2D eigenvalue weighted by Gasteiger charge is -2.16. The lowest BCUT2D eigenvalue weighted by atomic mass is 10.2. The number of hydrogen-bond acceptors (Lipinski definition) is 4. The number of guanidine groups is 1. The number of aliphatic imine (C=N–C) groups is 1. The van der Waals surface area contributed by atoms with Crippen LogP contribution in [0.1, 0.15) is 25.2 Å². The molecule has 2 heterocycles. The molecule has 1 aromatic carbocycles. The van der Waals surface area contributed by atoms with Gasteiger partial charge in [0.25, 0.3) is 0 Å². The van der Waals surface area contributed by atoms with Crippen molar-refractivity contribution < 1.29 is 4.74 Å². The van der Waals surface area contributed by atoms with E-state index in [-0.39, 0.29) is 0 Å². The van der Waals surface area contributed by atoms with Gasteiger partial charge in [-0.15, -0.1) is 10.2 Å². The Morgan fingerprint density at radius 3 is 2.75 bits per heavy atom. The van der Waals surface area contributed by atoms with E-state index in [1.807, 2.05) is 47.0 Å². The predicted octanol–water partition coefficient (Wildman–Crippen LogP) is 2.64. The minimum atomic E-state index is 0.362. The smallest absolute Gasteiger partial charge is 0.191 e. The van der Waals surface area contributed by atoms with Crippen LogP contribution in [0.4, 0.5) is 0 Å². The summed E-state index contributed by atoms with van der Waals surface area (Å²) in [5, 5.41) is 15.0. The Hall–Kier alpha value is -2.93. The average Bonchev–Trinajstić information content (AvgIpc) is 3.14. The van der Waals surface area contributed by atoms with Crippen LogP contribution in [0.15, 0.2) is 59.7 Å². The highest BCUT2D eigenvalue weighted by atomic mass is 16.5. The summed E-state index contributed by atoms with van der Waals surface area (Å²) in [5.41, 5.74) is 2.02. The molecule has 0 bridgehead atoms. The molecular formula is C21H28N6O. The lowest BCUT2D eigenvalue weighted by molar-refractivity contribution is 0.0931. The molecule has 148 valence electrons. The number of aromatic nitrogens is 3. The molecule has 28 heavy (non-hydrogen) atoms. The average molecular weight is 380 g/mol. The molecule has 0 aliphatic heterocycles. The van der Waals surface area contributed by atoms with Crippen LogP contribution in [-0.2, 0) is 17.9 Å². The second-order valence-corrected chi connectivity index (χ2v) is 6.73. The molecule has 0 saturated heterocycles. The van der Waals surface area contributed by atoms with Crippen LogP contribution in [-0.4, -0.2) is 40.3 Å². The van der Waals surface area contributed by atoms with Crippen LogP contribution in [0, 0.1) is 5.92 Å². The van der Waals surface area contributed by atoms with Gasteiger partial charge in [0.1, 0.15) is 6.54 Å². The van der Waals surface area contributed by atoms with E-state index in [1.54, 1.807) is 0 Å². The normalized spacial score (nSPS) is 12.9. The first-order valence-corrected chi connectivity index (χ1v) is 9.68. The summed E-state index contributed by atoms with van der Waals surface area (Å²) in [4.78, 5) is 4.64. The molecule has 0 saturated carbocycles. The summed E-state index contributed by atoms with van der Waals surface area (Å²) in [7, 11) is 0. The van der Waals surface area contributed by atoms with Crippen LogP contribution >= 0.6 is 0 Å². The van der Waals surface area contributed by atoms with E-state index in [4.69, 9.17) is 4.74 Å². The van der Waals surface area contributed by atoms with E-state index < -0.39 is 0 Å². The summed E-state index contributed by atoms with van der Waals surface area (Å²) in [6.07, 6.45) is 1.95. The molecule has 2 N–H and O–H groups in total. The van der Waals surface area contributed by atoms with Crippen molar-refractivity contribution in [2.24, 2.45) is 10.9 Å². The molecule has 1 atom stereocenters. The minimum absolute atomic E-state index is 0.362. The molecule has 0 aliphatic carbocycles. The molecule has 7 nitrogen and oxygen atoms in total. The van der Waals surface area contributed by atoms with Gasteiger partial charge in [-0.3, -0.25) is 4.40 Å². The van der Waals surface area contributed by atoms with Crippen molar-refractivity contribution in [3.63, 3.8) is 0 Å². The summed E-state index contributed by atoms with van der Waals surface area (Å²) in [5.74, 6) is 1.94. The maximum atomic E-state index is 5.82. The van der Waals surface area contributed by atoms with Gasteiger partial charge >= 0.3 is 0 Å². The third-order valence-corrected chi connectivity index (χ3v) is 4.24. The number of rotatable bonds is 9. The van der Waals surface area contributed by atoms with E-state index in [0.717, 1.165) is 30.5 Å². The fraction of sp³-hybridized carbons (Fsp3) is 0.381. The topological polar surface area (TPSA) is 75.8 Å². The van der Waals surface area contributed by atoms with Gasteiger partial charge in [-0.25, -0.2) is 4.99 Å². The van der Waals surface area contributed by atoms with Crippen LogP contribution in [0.2, 0.25) is 0 Å². The highest BCUT2D eigenvalue weighted by molar-refractivity contribution is 5.79. The fourth-order valence-electron chi connectivity index (χ4n) is 2.77. The summed E-state index contributed by atoms with van der Waals surface area (Å²) < 4.78 is 7.77. The van der Waals surface area contributed by atoms with Gasteiger partial charge in [0.15, 0.2) is 17.4 Å². The molecule has 2 aromatic heterocycles. The van der Waals surface area contributed by atoms with Crippen molar-refractivity contribution in [2.45, 2.75) is 27.0 Å². The Balaban J connectivity index is 1.47. The van der Waals surface area contributed by atoms with Gasteiger partial charge in [-0.05, 0) is 30.5 Å². The van der Waals surface area contributed by atoms with Crippen molar-refractivity contribution in [3.05, 3.63) is 66.1 Å². The Kier molecular flexibility index (Phi) is 7.37. The molecule has 0 fully saturated rings. The lowest BCUT2D eigenvalue weighted by Crippen LogP contribution is -2.40. The number of nitrogens with zero attached hydrogens (tertiary/aromatic N) is 4. The maximum absolute atomic E-state index is 5.82. The van der Waals surface area contributed by atoms with Gasteiger partial charge in [0.05, 0.1) is 13.2 Å². The number of ether oxygens (including phenoxy) is 1. The van der Waals surface area contributed by atoms with Crippen molar-refractivity contribution in [3.8, 4) is 0 Å².